The Morgan fingerprint density at radius 1 is 1.35 bits per heavy atom. The van der Waals surface area contributed by atoms with Gasteiger partial charge in [0.05, 0.1) is 7.11 Å². The van der Waals surface area contributed by atoms with E-state index >= 15 is 0 Å². The standard InChI is InChI=1S/C11H20N2O3.ClH/c1-16-11(15)8-13-10(14)3-2-9-4-6-12-7-5-9;/h9,12H,2-8H2,1H3,(H,13,14);1H. The monoisotopic (exact) mass is 264 g/mol. The molecule has 1 amide bonds. The number of piperidine rings is 1. The van der Waals surface area contributed by atoms with E-state index in [1.54, 1.807) is 0 Å². The summed E-state index contributed by atoms with van der Waals surface area (Å²) in [4.78, 5) is 22.1. The van der Waals surface area contributed by atoms with Gasteiger partial charge in [-0.05, 0) is 38.3 Å². The van der Waals surface area contributed by atoms with Gasteiger partial charge in [0, 0.05) is 6.42 Å². The van der Waals surface area contributed by atoms with Gasteiger partial charge in [-0.1, -0.05) is 0 Å². The van der Waals surface area contributed by atoms with Crippen molar-refractivity contribution in [2.24, 2.45) is 5.92 Å². The van der Waals surface area contributed by atoms with Gasteiger partial charge in [-0.25, -0.2) is 0 Å². The second-order valence-corrected chi connectivity index (χ2v) is 4.08. The van der Waals surface area contributed by atoms with Crippen LogP contribution in [0, 0.1) is 5.92 Å². The van der Waals surface area contributed by atoms with Crippen molar-refractivity contribution < 1.29 is 14.3 Å². The van der Waals surface area contributed by atoms with Crippen LogP contribution in [0.4, 0.5) is 0 Å². The van der Waals surface area contributed by atoms with E-state index in [0.717, 1.165) is 32.4 Å². The Morgan fingerprint density at radius 3 is 2.59 bits per heavy atom. The number of methoxy groups -OCH3 is 1. The van der Waals surface area contributed by atoms with Crippen molar-refractivity contribution in [2.75, 3.05) is 26.7 Å². The van der Waals surface area contributed by atoms with Crippen molar-refractivity contribution in [1.82, 2.24) is 10.6 Å². The van der Waals surface area contributed by atoms with Crippen molar-refractivity contribution in [3.8, 4) is 0 Å². The second kappa shape index (κ2) is 9.24. The average Bonchev–Trinajstić information content (AvgIpc) is 2.34. The van der Waals surface area contributed by atoms with Gasteiger partial charge >= 0.3 is 5.97 Å². The lowest BCUT2D eigenvalue weighted by Crippen LogP contribution is -2.31. The second-order valence-electron chi connectivity index (χ2n) is 4.08. The minimum Gasteiger partial charge on any atom is -0.468 e. The molecular formula is C11H21ClN2O3. The molecule has 0 aliphatic carbocycles. The summed E-state index contributed by atoms with van der Waals surface area (Å²) in [5, 5.41) is 5.83. The van der Waals surface area contributed by atoms with Gasteiger partial charge in [0.2, 0.25) is 5.91 Å². The molecule has 0 spiro atoms. The number of nitrogens with one attached hydrogen (secondary N) is 2. The van der Waals surface area contributed by atoms with E-state index in [1.165, 1.54) is 7.11 Å². The fourth-order valence-corrected chi connectivity index (χ4v) is 1.84. The molecule has 0 unspecified atom stereocenters. The quantitative estimate of drug-likeness (QED) is 0.709. The highest BCUT2D eigenvalue weighted by Crippen LogP contribution is 2.17. The summed E-state index contributed by atoms with van der Waals surface area (Å²) in [7, 11) is 1.31. The Hall–Kier alpha value is -0.810. The fraction of sp³-hybridized carbons (Fsp3) is 0.818. The summed E-state index contributed by atoms with van der Waals surface area (Å²) in [6.45, 7) is 2.07. The molecule has 0 aromatic rings. The van der Waals surface area contributed by atoms with E-state index in [4.69, 9.17) is 0 Å². The highest BCUT2D eigenvalue weighted by atomic mass is 35.5. The lowest BCUT2D eigenvalue weighted by atomic mass is 9.93. The van der Waals surface area contributed by atoms with Crippen LogP contribution in [-0.2, 0) is 14.3 Å². The fourth-order valence-electron chi connectivity index (χ4n) is 1.84. The topological polar surface area (TPSA) is 67.4 Å². The molecule has 0 aromatic heterocycles. The first-order valence-electron chi connectivity index (χ1n) is 5.76. The van der Waals surface area contributed by atoms with Crippen molar-refractivity contribution in [1.29, 1.82) is 0 Å². The normalized spacial score (nSPS) is 15.8. The molecule has 2 N–H and O–H groups in total. The molecule has 1 aliphatic heterocycles. The van der Waals surface area contributed by atoms with E-state index < -0.39 is 5.97 Å². The molecule has 0 bridgehead atoms. The van der Waals surface area contributed by atoms with Crippen LogP contribution in [0.3, 0.4) is 0 Å². The van der Waals surface area contributed by atoms with Crippen LogP contribution in [0.5, 0.6) is 0 Å². The van der Waals surface area contributed by atoms with Gasteiger partial charge in [-0.2, -0.15) is 0 Å². The molecule has 5 nitrogen and oxygen atoms in total. The summed E-state index contributed by atoms with van der Waals surface area (Å²) in [5.41, 5.74) is 0. The van der Waals surface area contributed by atoms with Crippen LogP contribution in [0.1, 0.15) is 25.7 Å². The zero-order valence-corrected chi connectivity index (χ0v) is 11.0. The Kier molecular flexibility index (Phi) is 8.80. The minimum absolute atomic E-state index is 0. The number of hydrogen-bond acceptors (Lipinski definition) is 4. The van der Waals surface area contributed by atoms with Gasteiger partial charge in [-0.15, -0.1) is 12.4 Å². The number of hydrogen-bond donors (Lipinski definition) is 2. The van der Waals surface area contributed by atoms with Gasteiger partial charge in [0.1, 0.15) is 6.54 Å². The molecule has 0 radical (unpaired) electrons. The molecule has 1 heterocycles. The molecule has 1 saturated heterocycles. The van der Waals surface area contributed by atoms with Crippen molar-refractivity contribution >= 4 is 24.3 Å². The van der Waals surface area contributed by atoms with Crippen LogP contribution in [-0.4, -0.2) is 38.6 Å². The Morgan fingerprint density at radius 2 is 2.00 bits per heavy atom. The van der Waals surface area contributed by atoms with E-state index in [1.807, 2.05) is 0 Å². The molecular weight excluding hydrogens is 244 g/mol. The Bertz CT molecular complexity index is 243. The average molecular weight is 265 g/mol. The molecule has 17 heavy (non-hydrogen) atoms. The lowest BCUT2D eigenvalue weighted by molar-refractivity contribution is -0.141. The first-order chi connectivity index (χ1) is 7.72. The number of amides is 1. The zero-order valence-electron chi connectivity index (χ0n) is 10.2. The van der Waals surface area contributed by atoms with Crippen LogP contribution in [0.25, 0.3) is 0 Å². The summed E-state index contributed by atoms with van der Waals surface area (Å²) in [6, 6.07) is 0. The zero-order chi connectivity index (χ0) is 11.8. The van der Waals surface area contributed by atoms with Crippen LogP contribution >= 0.6 is 12.4 Å². The molecule has 0 saturated carbocycles. The molecule has 1 rings (SSSR count). The molecule has 1 aliphatic rings. The molecule has 0 atom stereocenters. The number of ether oxygens (including phenoxy) is 1. The smallest absolute Gasteiger partial charge is 0.325 e. The Labute approximate surface area is 108 Å². The van der Waals surface area contributed by atoms with E-state index in [-0.39, 0.29) is 24.9 Å². The predicted octanol–water partition coefficient (Wildman–Crippen LogP) is 0.477. The van der Waals surface area contributed by atoms with Gasteiger partial charge in [0.25, 0.3) is 0 Å². The highest BCUT2D eigenvalue weighted by molar-refractivity contribution is 5.85. The van der Waals surface area contributed by atoms with E-state index in [2.05, 4.69) is 15.4 Å². The Balaban J connectivity index is 0.00000256. The number of halogens is 1. The van der Waals surface area contributed by atoms with E-state index in [9.17, 15) is 9.59 Å². The van der Waals surface area contributed by atoms with Crippen LogP contribution in [0.15, 0.2) is 0 Å². The summed E-state index contributed by atoms with van der Waals surface area (Å²) >= 11 is 0. The van der Waals surface area contributed by atoms with Crippen molar-refractivity contribution in [3.05, 3.63) is 0 Å². The van der Waals surface area contributed by atoms with Crippen molar-refractivity contribution in [2.45, 2.75) is 25.7 Å². The summed E-state index contributed by atoms with van der Waals surface area (Å²) in [5.74, 6) is 0.171. The summed E-state index contributed by atoms with van der Waals surface area (Å²) < 4.78 is 4.43. The van der Waals surface area contributed by atoms with E-state index in [0.29, 0.717) is 12.3 Å². The number of esters is 1. The number of carbonyl (C=O) groups excluding carboxylic acids is 2. The maximum absolute atomic E-state index is 11.4. The third-order valence-corrected chi connectivity index (χ3v) is 2.90. The molecule has 6 heteroatoms. The predicted molar refractivity (Wildman–Crippen MR) is 67.1 cm³/mol. The highest BCUT2D eigenvalue weighted by Gasteiger charge is 2.14. The maximum Gasteiger partial charge on any atom is 0.325 e. The van der Waals surface area contributed by atoms with Crippen LogP contribution in [0.2, 0.25) is 0 Å². The SMILES string of the molecule is COC(=O)CNC(=O)CCC1CCNCC1.Cl. The van der Waals surface area contributed by atoms with Crippen molar-refractivity contribution in [3.63, 3.8) is 0 Å². The lowest BCUT2D eigenvalue weighted by Gasteiger charge is -2.22. The molecule has 0 aromatic carbocycles. The first kappa shape index (κ1) is 16.2. The van der Waals surface area contributed by atoms with Gasteiger partial charge in [-0.3, -0.25) is 9.59 Å². The van der Waals surface area contributed by atoms with Crippen LogP contribution < -0.4 is 10.6 Å². The number of rotatable bonds is 5. The van der Waals surface area contributed by atoms with Gasteiger partial charge in [0.15, 0.2) is 0 Å². The minimum atomic E-state index is -0.407. The largest absolute Gasteiger partial charge is 0.468 e. The summed E-state index contributed by atoms with van der Waals surface area (Å²) in [6.07, 6.45) is 3.70. The molecule has 1 fully saturated rings. The molecule has 100 valence electrons. The third kappa shape index (κ3) is 7.18. The van der Waals surface area contributed by atoms with Gasteiger partial charge < -0.3 is 15.4 Å². The number of carbonyl (C=O) groups is 2. The third-order valence-electron chi connectivity index (χ3n) is 2.90. The maximum atomic E-state index is 11.4. The first-order valence-corrected chi connectivity index (χ1v) is 5.76.